The first-order chi connectivity index (χ1) is 17.7. The third-order valence-corrected chi connectivity index (χ3v) is 5.74. The molecule has 0 spiro atoms. The average molecular weight is 556 g/mol. The second kappa shape index (κ2) is 12.8. The maximum Gasteiger partial charge on any atom is 0.490 e. The lowest BCUT2D eigenvalue weighted by atomic mass is 10.2. The van der Waals surface area contributed by atoms with E-state index < -0.39 is 22.2 Å². The van der Waals surface area contributed by atoms with Crippen molar-refractivity contribution in [3.8, 4) is 0 Å². The van der Waals surface area contributed by atoms with Gasteiger partial charge in [-0.15, -0.1) is 0 Å². The molecule has 2 aromatic carbocycles. The number of anilines is 4. The Bertz CT molecular complexity index is 1370. The molecule has 3 aromatic rings. The number of nitrogens with one attached hydrogen (secondary N) is 3. The number of sulfonamides is 1. The number of carbonyl (C=O) groups is 2. The van der Waals surface area contributed by atoms with E-state index in [0.717, 1.165) is 5.69 Å². The van der Waals surface area contributed by atoms with Gasteiger partial charge in [-0.2, -0.15) is 13.2 Å². The van der Waals surface area contributed by atoms with Gasteiger partial charge in [-0.25, -0.2) is 32.7 Å². The van der Waals surface area contributed by atoms with E-state index in [1.54, 1.807) is 56.3 Å². The lowest BCUT2D eigenvalue weighted by Crippen LogP contribution is -2.21. The monoisotopic (exact) mass is 555 g/mol. The molecular weight excluding hydrogens is 531 g/mol. The molecular formula is C23H24F3N5O6S. The molecule has 204 valence electrons. The maximum absolute atomic E-state index is 12.0. The molecule has 0 fully saturated rings. The number of aromatic nitrogens is 2. The van der Waals surface area contributed by atoms with Crippen molar-refractivity contribution in [1.29, 1.82) is 0 Å². The van der Waals surface area contributed by atoms with Crippen molar-refractivity contribution in [3.63, 3.8) is 0 Å². The van der Waals surface area contributed by atoms with Gasteiger partial charge in [0.05, 0.1) is 16.6 Å². The summed E-state index contributed by atoms with van der Waals surface area (Å²) in [6.45, 7) is 3.59. The highest BCUT2D eigenvalue weighted by Crippen LogP contribution is 2.22. The maximum atomic E-state index is 12.0. The van der Waals surface area contributed by atoms with Crippen LogP contribution in [0.25, 0.3) is 0 Å². The number of halogens is 3. The van der Waals surface area contributed by atoms with Gasteiger partial charge in [0.15, 0.2) is 0 Å². The van der Waals surface area contributed by atoms with Gasteiger partial charge in [0.2, 0.25) is 10.0 Å². The number of carboxylic acid groups (broad SMARTS) is 1. The minimum absolute atomic E-state index is 0.142. The van der Waals surface area contributed by atoms with E-state index in [-0.39, 0.29) is 17.0 Å². The van der Waals surface area contributed by atoms with Crippen molar-refractivity contribution >= 4 is 45.0 Å². The van der Waals surface area contributed by atoms with Crippen LogP contribution in [-0.4, -0.2) is 54.8 Å². The Morgan fingerprint density at radius 2 is 1.50 bits per heavy atom. The Labute approximate surface area is 216 Å². The van der Waals surface area contributed by atoms with E-state index in [2.05, 4.69) is 25.3 Å². The number of carboxylic acids is 1. The number of alkyl halides is 3. The first kappa shape index (κ1) is 30.0. The van der Waals surface area contributed by atoms with E-state index in [9.17, 15) is 26.4 Å². The first-order valence-corrected chi connectivity index (χ1v) is 12.2. The normalized spacial score (nSPS) is 11.2. The number of esters is 1. The molecule has 1 heterocycles. The van der Waals surface area contributed by atoms with Crippen LogP contribution in [0.4, 0.5) is 36.2 Å². The third-order valence-electron chi connectivity index (χ3n) is 4.33. The molecule has 0 aliphatic heterocycles. The van der Waals surface area contributed by atoms with E-state index in [4.69, 9.17) is 14.6 Å². The number of hydrogen-bond acceptors (Lipinski definition) is 9. The largest absolute Gasteiger partial charge is 0.490 e. The van der Waals surface area contributed by atoms with Gasteiger partial charge in [-0.05, 0) is 63.4 Å². The molecule has 0 atom stereocenters. The van der Waals surface area contributed by atoms with Crippen LogP contribution in [0.2, 0.25) is 0 Å². The van der Waals surface area contributed by atoms with Gasteiger partial charge in [0, 0.05) is 17.4 Å². The second-order valence-corrected chi connectivity index (χ2v) is 9.49. The number of benzene rings is 2. The summed E-state index contributed by atoms with van der Waals surface area (Å²) >= 11 is 0. The smallest absolute Gasteiger partial charge is 0.475 e. The molecule has 0 amide bonds. The van der Waals surface area contributed by atoms with Crippen molar-refractivity contribution in [3.05, 3.63) is 66.5 Å². The minimum Gasteiger partial charge on any atom is -0.475 e. The summed E-state index contributed by atoms with van der Waals surface area (Å²) in [6, 6.07) is 14.9. The summed E-state index contributed by atoms with van der Waals surface area (Å²) in [4.78, 5) is 29.3. The van der Waals surface area contributed by atoms with E-state index in [1.165, 1.54) is 25.5 Å². The number of hydrogen-bond donors (Lipinski definition) is 4. The van der Waals surface area contributed by atoms with Crippen molar-refractivity contribution in [2.45, 2.75) is 31.0 Å². The van der Waals surface area contributed by atoms with Gasteiger partial charge < -0.3 is 20.5 Å². The van der Waals surface area contributed by atoms with Gasteiger partial charge >= 0.3 is 18.1 Å². The Hall–Kier alpha value is -4.24. The molecule has 0 unspecified atom stereocenters. The van der Waals surface area contributed by atoms with E-state index in [0.29, 0.717) is 22.9 Å². The van der Waals surface area contributed by atoms with Crippen molar-refractivity contribution in [2.75, 3.05) is 17.7 Å². The summed E-state index contributed by atoms with van der Waals surface area (Å²) < 4.78 is 63.2. The fourth-order valence-corrected chi connectivity index (χ4v) is 3.40. The number of rotatable bonds is 8. The molecule has 3 rings (SSSR count). The van der Waals surface area contributed by atoms with Crippen LogP contribution in [0.5, 0.6) is 0 Å². The van der Waals surface area contributed by atoms with Crippen LogP contribution in [0.3, 0.4) is 0 Å². The Morgan fingerprint density at radius 1 is 0.947 bits per heavy atom. The third kappa shape index (κ3) is 9.33. The summed E-state index contributed by atoms with van der Waals surface area (Å²) in [5.74, 6) is -2.13. The van der Waals surface area contributed by atoms with Crippen LogP contribution in [0, 0.1) is 0 Å². The minimum atomic E-state index is -5.08. The molecule has 0 bridgehead atoms. The highest BCUT2D eigenvalue weighted by molar-refractivity contribution is 7.89. The molecule has 0 aliphatic carbocycles. The van der Waals surface area contributed by atoms with Crippen molar-refractivity contribution in [2.24, 2.45) is 0 Å². The van der Waals surface area contributed by atoms with Crippen LogP contribution in [0.15, 0.2) is 65.8 Å². The first-order valence-electron chi connectivity index (χ1n) is 10.7. The van der Waals surface area contributed by atoms with Crippen molar-refractivity contribution in [1.82, 2.24) is 14.7 Å². The van der Waals surface area contributed by atoms with E-state index >= 15 is 0 Å². The van der Waals surface area contributed by atoms with Gasteiger partial charge in [-0.1, -0.05) is 6.07 Å². The topological polar surface area (TPSA) is 160 Å². The Balaban J connectivity index is 0.000000638. The average Bonchev–Trinajstić information content (AvgIpc) is 2.84. The highest BCUT2D eigenvalue weighted by atomic mass is 32.2. The zero-order valence-corrected chi connectivity index (χ0v) is 21.1. The van der Waals surface area contributed by atoms with Crippen LogP contribution in [0.1, 0.15) is 24.2 Å². The van der Waals surface area contributed by atoms with Gasteiger partial charge in [-0.3, -0.25) is 0 Å². The summed E-state index contributed by atoms with van der Waals surface area (Å²) in [6.07, 6.45) is -3.89. The number of carbonyl (C=O) groups excluding carboxylic acids is 1. The van der Waals surface area contributed by atoms with Gasteiger partial charge in [0.1, 0.15) is 18.0 Å². The summed E-state index contributed by atoms with van der Waals surface area (Å²) in [5.41, 5.74) is 1.75. The van der Waals surface area contributed by atoms with Crippen LogP contribution < -0.4 is 15.4 Å². The predicted octanol–water partition coefficient (Wildman–Crippen LogP) is 4.07. The Kier molecular flexibility index (Phi) is 10.1. The van der Waals surface area contributed by atoms with E-state index in [1.807, 2.05) is 0 Å². The molecule has 0 radical (unpaired) electrons. The Morgan fingerprint density at radius 3 is 2.00 bits per heavy atom. The molecule has 0 aliphatic rings. The molecule has 38 heavy (non-hydrogen) atoms. The fourth-order valence-electron chi connectivity index (χ4n) is 2.62. The predicted molar refractivity (Wildman–Crippen MR) is 132 cm³/mol. The molecule has 15 heteroatoms. The molecule has 0 saturated heterocycles. The number of aliphatic carboxylic acids is 1. The zero-order valence-electron chi connectivity index (χ0n) is 20.3. The van der Waals surface area contributed by atoms with Crippen LogP contribution in [-0.2, 0) is 19.6 Å². The summed E-state index contributed by atoms with van der Waals surface area (Å²) in [7, 11) is -2.19. The standard InChI is InChI=1S/C21H23N5O4S.C2HF3O2/c1-14(2)30-21(27)15-7-9-16(10-8-15)25-19-12-20(24-13-23-19)26-17-5-4-6-18(11-17)31(28,29)22-3;3-2(4,5)1(6)7/h4-14,22H,1-3H3,(H2,23,24,25,26);(H,6,7). The SMILES string of the molecule is CNS(=O)(=O)c1cccc(Nc2cc(Nc3ccc(C(=O)OC(C)C)cc3)ncn2)c1.O=C(O)C(F)(F)F. The van der Waals surface area contributed by atoms with Gasteiger partial charge in [0.25, 0.3) is 0 Å². The zero-order chi connectivity index (χ0) is 28.5. The quantitative estimate of drug-likeness (QED) is 0.298. The number of nitrogens with zero attached hydrogens (tertiary/aromatic N) is 2. The summed E-state index contributed by atoms with van der Waals surface area (Å²) in [5, 5.41) is 13.3. The lowest BCUT2D eigenvalue weighted by Gasteiger charge is -2.11. The molecule has 4 N–H and O–H groups in total. The molecule has 1 aromatic heterocycles. The second-order valence-electron chi connectivity index (χ2n) is 7.61. The number of ether oxygens (including phenoxy) is 1. The fraction of sp³-hybridized carbons (Fsp3) is 0.217. The van der Waals surface area contributed by atoms with Crippen LogP contribution >= 0.6 is 0 Å². The molecule has 11 nitrogen and oxygen atoms in total. The highest BCUT2D eigenvalue weighted by Gasteiger charge is 2.38. The lowest BCUT2D eigenvalue weighted by molar-refractivity contribution is -0.192. The molecule has 0 saturated carbocycles. The van der Waals surface area contributed by atoms with Crippen molar-refractivity contribution < 1.29 is 41.0 Å².